The van der Waals surface area contributed by atoms with E-state index in [0.29, 0.717) is 16.0 Å². The minimum atomic E-state index is -0.0647. The molecule has 1 heterocycles. The fourth-order valence-electron chi connectivity index (χ4n) is 2.98. The third-order valence-electron chi connectivity index (χ3n) is 4.33. The van der Waals surface area contributed by atoms with E-state index in [9.17, 15) is 4.79 Å². The van der Waals surface area contributed by atoms with Crippen LogP contribution in [0, 0.1) is 25.2 Å². The van der Waals surface area contributed by atoms with Gasteiger partial charge in [0.15, 0.2) is 4.34 Å². The third-order valence-corrected chi connectivity index (χ3v) is 6.29. The summed E-state index contributed by atoms with van der Waals surface area (Å²) in [5.74, 6) is 0.933. The van der Waals surface area contributed by atoms with Crippen molar-refractivity contribution < 1.29 is 9.53 Å². The molecule has 9 heteroatoms. The molecule has 0 atom stereocenters. The molecule has 0 bridgehead atoms. The van der Waals surface area contributed by atoms with Crippen LogP contribution in [0.15, 0.2) is 46.8 Å². The molecule has 0 radical (unpaired) electrons. The predicted octanol–water partition coefficient (Wildman–Crippen LogP) is 4.95. The zero-order valence-electron chi connectivity index (χ0n) is 17.6. The summed E-state index contributed by atoms with van der Waals surface area (Å²) >= 11 is 2.73. The van der Waals surface area contributed by atoms with Gasteiger partial charge < -0.3 is 15.0 Å². The molecule has 31 heavy (non-hydrogen) atoms. The van der Waals surface area contributed by atoms with Gasteiger partial charge in [0.25, 0.3) is 0 Å². The molecule has 1 N–H and O–H groups in total. The molecule has 0 fully saturated rings. The number of hydrogen-bond donors (Lipinski definition) is 1. The van der Waals surface area contributed by atoms with Crippen LogP contribution in [0.25, 0.3) is 0 Å². The first-order chi connectivity index (χ1) is 15.0. The Kier molecular flexibility index (Phi) is 7.87. The fraction of sp³-hybridized carbons (Fsp3) is 0.273. The number of nitrogens with zero attached hydrogens (tertiary/aromatic N) is 4. The molecule has 160 valence electrons. The van der Waals surface area contributed by atoms with Crippen molar-refractivity contribution in [1.29, 1.82) is 5.26 Å². The number of rotatable bonds is 9. The van der Waals surface area contributed by atoms with Crippen molar-refractivity contribution in [3.05, 3.63) is 53.6 Å². The lowest BCUT2D eigenvalue weighted by Gasteiger charge is -2.22. The van der Waals surface area contributed by atoms with Crippen LogP contribution in [0.2, 0.25) is 0 Å². The van der Waals surface area contributed by atoms with Gasteiger partial charge in [-0.3, -0.25) is 4.79 Å². The Hall–Kier alpha value is -3.09. The number of thioether (sulfide) groups is 1. The van der Waals surface area contributed by atoms with Gasteiger partial charge in [0, 0.05) is 17.9 Å². The minimum absolute atomic E-state index is 0.0647. The van der Waals surface area contributed by atoms with Crippen LogP contribution in [-0.2, 0) is 4.79 Å². The highest BCUT2D eigenvalue weighted by molar-refractivity contribution is 8.01. The number of hydrogen-bond acceptors (Lipinski definition) is 8. The van der Waals surface area contributed by atoms with Crippen LogP contribution in [-0.4, -0.2) is 35.5 Å². The van der Waals surface area contributed by atoms with Crippen molar-refractivity contribution in [2.75, 3.05) is 29.6 Å². The monoisotopic (exact) mass is 453 g/mol. The van der Waals surface area contributed by atoms with E-state index in [1.54, 1.807) is 12.0 Å². The molecule has 0 saturated carbocycles. The zero-order valence-corrected chi connectivity index (χ0v) is 19.2. The summed E-state index contributed by atoms with van der Waals surface area (Å²) < 4.78 is 5.86. The molecule has 0 aliphatic rings. The van der Waals surface area contributed by atoms with Crippen LogP contribution in [0.5, 0.6) is 5.75 Å². The Morgan fingerprint density at radius 3 is 2.55 bits per heavy atom. The average molecular weight is 454 g/mol. The van der Waals surface area contributed by atoms with Crippen molar-refractivity contribution in [2.24, 2.45) is 0 Å². The fourth-order valence-corrected chi connectivity index (χ4v) is 4.63. The highest BCUT2D eigenvalue weighted by atomic mass is 32.2. The molecule has 0 unspecified atom stereocenters. The molecular formula is C22H23N5O2S2. The lowest BCUT2D eigenvalue weighted by molar-refractivity contribution is -0.116. The molecule has 0 aliphatic carbocycles. The Bertz CT molecular complexity index is 1060. The number of nitriles is 1. The van der Waals surface area contributed by atoms with E-state index >= 15 is 0 Å². The predicted molar refractivity (Wildman–Crippen MR) is 125 cm³/mol. The second-order valence-corrected chi connectivity index (χ2v) is 9.01. The number of anilines is 3. The number of amides is 1. The second kappa shape index (κ2) is 10.8. The summed E-state index contributed by atoms with van der Waals surface area (Å²) in [6, 6.07) is 15.6. The SMILES string of the molecule is COc1ccc(Nc2nnc(SCC(=O)N(CCC#N)c3cc(C)cc(C)c3)s2)cc1. The molecule has 0 aliphatic heterocycles. The van der Waals surface area contributed by atoms with E-state index in [0.717, 1.165) is 28.3 Å². The molecule has 1 aromatic heterocycles. The van der Waals surface area contributed by atoms with Gasteiger partial charge in [0.05, 0.1) is 25.4 Å². The van der Waals surface area contributed by atoms with Gasteiger partial charge in [0.2, 0.25) is 11.0 Å². The first-order valence-corrected chi connectivity index (χ1v) is 11.4. The molecular weight excluding hydrogens is 430 g/mol. The normalized spacial score (nSPS) is 10.4. The number of aryl methyl sites for hydroxylation is 2. The summed E-state index contributed by atoms with van der Waals surface area (Å²) in [5, 5.41) is 21.1. The van der Waals surface area contributed by atoms with Crippen LogP contribution < -0.4 is 15.0 Å². The summed E-state index contributed by atoms with van der Waals surface area (Å²) in [4.78, 5) is 14.6. The van der Waals surface area contributed by atoms with E-state index in [2.05, 4.69) is 27.6 Å². The van der Waals surface area contributed by atoms with Gasteiger partial charge >= 0.3 is 0 Å². The number of carbonyl (C=O) groups is 1. The van der Waals surface area contributed by atoms with Crippen molar-refractivity contribution in [1.82, 2.24) is 10.2 Å². The molecule has 3 rings (SSSR count). The van der Waals surface area contributed by atoms with E-state index in [1.807, 2.05) is 50.2 Å². The van der Waals surface area contributed by atoms with E-state index < -0.39 is 0 Å². The van der Waals surface area contributed by atoms with Gasteiger partial charge in [-0.25, -0.2) is 0 Å². The third kappa shape index (κ3) is 6.44. The van der Waals surface area contributed by atoms with Gasteiger partial charge in [-0.05, 0) is 61.4 Å². The number of methoxy groups -OCH3 is 1. The number of ether oxygens (including phenoxy) is 1. The minimum Gasteiger partial charge on any atom is -0.497 e. The highest BCUT2D eigenvalue weighted by Gasteiger charge is 2.18. The van der Waals surface area contributed by atoms with Crippen LogP contribution in [0.4, 0.5) is 16.5 Å². The number of benzene rings is 2. The molecule has 0 saturated heterocycles. The Balaban J connectivity index is 1.63. The molecule has 2 aromatic carbocycles. The number of aromatic nitrogens is 2. The van der Waals surface area contributed by atoms with Gasteiger partial charge in [0.1, 0.15) is 5.75 Å². The maximum atomic E-state index is 12.9. The van der Waals surface area contributed by atoms with Gasteiger partial charge in [-0.2, -0.15) is 5.26 Å². The van der Waals surface area contributed by atoms with Crippen molar-refractivity contribution in [3.8, 4) is 11.8 Å². The first kappa shape index (κ1) is 22.6. The molecule has 3 aromatic rings. The topological polar surface area (TPSA) is 91.1 Å². The Morgan fingerprint density at radius 2 is 1.90 bits per heavy atom. The Labute approximate surface area is 190 Å². The number of nitrogens with one attached hydrogen (secondary N) is 1. The van der Waals surface area contributed by atoms with E-state index in [1.165, 1.54) is 23.1 Å². The van der Waals surface area contributed by atoms with Crippen LogP contribution >= 0.6 is 23.1 Å². The van der Waals surface area contributed by atoms with Crippen molar-refractivity contribution >= 4 is 45.5 Å². The van der Waals surface area contributed by atoms with E-state index in [4.69, 9.17) is 10.00 Å². The first-order valence-electron chi connectivity index (χ1n) is 9.61. The molecule has 0 spiro atoms. The van der Waals surface area contributed by atoms with Crippen molar-refractivity contribution in [3.63, 3.8) is 0 Å². The highest BCUT2D eigenvalue weighted by Crippen LogP contribution is 2.29. The maximum Gasteiger partial charge on any atom is 0.237 e. The standard InChI is InChI=1S/C22H23N5O2S2/c1-15-11-16(2)13-18(12-15)27(10-4-9-23)20(28)14-30-22-26-25-21(31-22)24-17-5-7-19(29-3)8-6-17/h5-8,11-13H,4,10,14H2,1-3H3,(H,24,25). The van der Waals surface area contributed by atoms with Gasteiger partial charge in [-0.1, -0.05) is 29.2 Å². The lowest BCUT2D eigenvalue weighted by Crippen LogP contribution is -2.33. The zero-order chi connectivity index (χ0) is 22.2. The summed E-state index contributed by atoms with van der Waals surface area (Å²) in [5.41, 5.74) is 3.85. The summed E-state index contributed by atoms with van der Waals surface area (Å²) in [6.07, 6.45) is 0.276. The maximum absolute atomic E-state index is 12.9. The lowest BCUT2D eigenvalue weighted by atomic mass is 10.1. The average Bonchev–Trinajstić information content (AvgIpc) is 3.19. The number of carbonyl (C=O) groups excluding carboxylic acids is 1. The van der Waals surface area contributed by atoms with Crippen LogP contribution in [0.3, 0.4) is 0 Å². The quantitative estimate of drug-likeness (QED) is 0.459. The van der Waals surface area contributed by atoms with Crippen molar-refractivity contribution in [2.45, 2.75) is 24.6 Å². The largest absolute Gasteiger partial charge is 0.497 e. The smallest absolute Gasteiger partial charge is 0.237 e. The molecule has 1 amide bonds. The Morgan fingerprint density at radius 1 is 1.19 bits per heavy atom. The summed E-state index contributed by atoms with van der Waals surface area (Å²) in [7, 11) is 1.62. The summed E-state index contributed by atoms with van der Waals surface area (Å²) in [6.45, 7) is 4.35. The van der Waals surface area contributed by atoms with Crippen LogP contribution in [0.1, 0.15) is 17.5 Å². The molecule has 7 nitrogen and oxygen atoms in total. The van der Waals surface area contributed by atoms with Gasteiger partial charge in [-0.15, -0.1) is 10.2 Å². The second-order valence-electron chi connectivity index (χ2n) is 6.81. The van der Waals surface area contributed by atoms with E-state index in [-0.39, 0.29) is 18.1 Å².